The number of piperidine rings is 1. The third-order valence-electron chi connectivity index (χ3n) is 5.67. The third-order valence-corrected chi connectivity index (χ3v) is 5.67. The van der Waals surface area contributed by atoms with E-state index in [0.29, 0.717) is 12.0 Å². The Morgan fingerprint density at radius 1 is 1.08 bits per heavy atom. The third kappa shape index (κ3) is 3.51. The molecule has 4 atom stereocenters. The maximum atomic E-state index is 12.7. The van der Waals surface area contributed by atoms with Crippen molar-refractivity contribution in [3.05, 3.63) is 66.2 Å². The fourth-order valence-corrected chi connectivity index (χ4v) is 4.11. The van der Waals surface area contributed by atoms with Crippen LogP contribution in [0.1, 0.15) is 24.9 Å². The van der Waals surface area contributed by atoms with Crippen LogP contribution in [0.2, 0.25) is 0 Å². The number of fused-ring (bicyclic) bond motifs is 1. The molecule has 0 aliphatic carbocycles. The highest BCUT2D eigenvalue weighted by molar-refractivity contribution is 5.94. The van der Waals surface area contributed by atoms with E-state index in [4.69, 9.17) is 0 Å². The molecule has 26 heavy (non-hydrogen) atoms. The SMILES string of the molecule is CC(C(=O)Nc1ccccc1)N1CCC2NNC(c3ccccc3)C2C1. The Morgan fingerprint density at radius 3 is 2.50 bits per heavy atom. The van der Waals surface area contributed by atoms with Gasteiger partial charge in [-0.2, -0.15) is 0 Å². The van der Waals surface area contributed by atoms with Crippen molar-refractivity contribution in [2.24, 2.45) is 5.92 Å². The lowest BCUT2D eigenvalue weighted by atomic mass is 9.84. The van der Waals surface area contributed by atoms with Crippen LogP contribution in [0, 0.1) is 5.92 Å². The first-order valence-corrected chi connectivity index (χ1v) is 9.38. The normalized spacial score (nSPS) is 26.9. The monoisotopic (exact) mass is 350 g/mol. The van der Waals surface area contributed by atoms with Crippen molar-refractivity contribution in [3.8, 4) is 0 Å². The number of carbonyl (C=O) groups is 1. The first-order chi connectivity index (χ1) is 12.7. The van der Waals surface area contributed by atoms with E-state index in [9.17, 15) is 4.79 Å². The predicted molar refractivity (Wildman–Crippen MR) is 103 cm³/mol. The molecule has 1 amide bonds. The zero-order chi connectivity index (χ0) is 17.9. The van der Waals surface area contributed by atoms with E-state index in [1.807, 2.05) is 43.3 Å². The number of para-hydroxylation sites is 1. The molecule has 2 fully saturated rings. The number of likely N-dealkylation sites (tertiary alicyclic amines) is 1. The van der Waals surface area contributed by atoms with E-state index in [0.717, 1.165) is 25.2 Å². The molecule has 0 aromatic heterocycles. The highest BCUT2D eigenvalue weighted by Crippen LogP contribution is 2.34. The first kappa shape index (κ1) is 17.2. The Kier molecular flexibility index (Phi) is 5.02. The molecule has 136 valence electrons. The number of rotatable bonds is 4. The molecule has 2 aliphatic heterocycles. The average molecular weight is 350 g/mol. The number of nitrogens with one attached hydrogen (secondary N) is 3. The van der Waals surface area contributed by atoms with E-state index in [-0.39, 0.29) is 18.0 Å². The molecule has 2 saturated heterocycles. The maximum absolute atomic E-state index is 12.7. The molecule has 0 bridgehead atoms. The molecule has 2 aromatic rings. The van der Waals surface area contributed by atoms with Gasteiger partial charge in [-0.05, 0) is 31.0 Å². The molecule has 0 spiro atoms. The largest absolute Gasteiger partial charge is 0.325 e. The summed E-state index contributed by atoms with van der Waals surface area (Å²) in [7, 11) is 0. The predicted octanol–water partition coefficient (Wildman–Crippen LogP) is 2.55. The second-order valence-corrected chi connectivity index (χ2v) is 7.26. The molecular formula is C21H26N4O. The number of carbonyl (C=O) groups excluding carboxylic acids is 1. The Labute approximate surface area is 154 Å². The van der Waals surface area contributed by atoms with E-state index in [1.165, 1.54) is 5.56 Å². The molecule has 3 N–H and O–H groups in total. The lowest BCUT2D eigenvalue weighted by Crippen LogP contribution is -2.51. The van der Waals surface area contributed by atoms with Gasteiger partial charge in [-0.15, -0.1) is 0 Å². The second-order valence-electron chi connectivity index (χ2n) is 7.26. The van der Waals surface area contributed by atoms with Crippen molar-refractivity contribution in [2.45, 2.75) is 31.5 Å². The van der Waals surface area contributed by atoms with Gasteiger partial charge in [-0.1, -0.05) is 48.5 Å². The lowest BCUT2D eigenvalue weighted by Gasteiger charge is -2.38. The molecule has 2 heterocycles. The number of hydrogen-bond acceptors (Lipinski definition) is 4. The van der Waals surface area contributed by atoms with Crippen LogP contribution in [0.5, 0.6) is 0 Å². The minimum atomic E-state index is -0.145. The summed E-state index contributed by atoms with van der Waals surface area (Å²) in [5.41, 5.74) is 9.08. The Hall–Kier alpha value is -2.21. The summed E-state index contributed by atoms with van der Waals surface area (Å²) in [6.45, 7) is 3.85. The standard InChI is InChI=1S/C21H26N4O/c1-15(21(26)22-17-10-6-3-7-11-17)25-13-12-19-18(14-25)20(24-23-19)16-8-4-2-5-9-16/h2-11,15,18-20,23-24H,12-14H2,1H3,(H,22,26). The van der Waals surface area contributed by atoms with E-state index in [1.54, 1.807) is 0 Å². The van der Waals surface area contributed by atoms with Gasteiger partial charge >= 0.3 is 0 Å². The van der Waals surface area contributed by atoms with Crippen molar-refractivity contribution in [2.75, 3.05) is 18.4 Å². The minimum Gasteiger partial charge on any atom is -0.325 e. The summed E-state index contributed by atoms with van der Waals surface area (Å²) in [4.78, 5) is 15.0. The highest BCUT2D eigenvalue weighted by atomic mass is 16.2. The van der Waals surface area contributed by atoms with Crippen LogP contribution in [0.15, 0.2) is 60.7 Å². The number of anilines is 1. The van der Waals surface area contributed by atoms with Gasteiger partial charge < -0.3 is 5.32 Å². The second kappa shape index (κ2) is 7.58. The Bertz CT molecular complexity index is 736. The summed E-state index contributed by atoms with van der Waals surface area (Å²) in [6.07, 6.45) is 1.05. The summed E-state index contributed by atoms with van der Waals surface area (Å²) >= 11 is 0. The van der Waals surface area contributed by atoms with Gasteiger partial charge in [-0.25, -0.2) is 5.43 Å². The zero-order valence-electron chi connectivity index (χ0n) is 15.1. The number of benzene rings is 2. The van der Waals surface area contributed by atoms with E-state index in [2.05, 4.69) is 45.3 Å². The van der Waals surface area contributed by atoms with Crippen LogP contribution < -0.4 is 16.2 Å². The number of hydrazine groups is 1. The van der Waals surface area contributed by atoms with Crippen LogP contribution in [-0.2, 0) is 4.79 Å². The summed E-state index contributed by atoms with van der Waals surface area (Å²) in [5, 5.41) is 3.03. The number of hydrogen-bond donors (Lipinski definition) is 3. The maximum Gasteiger partial charge on any atom is 0.241 e. The average Bonchev–Trinajstić information content (AvgIpc) is 3.12. The van der Waals surface area contributed by atoms with Crippen LogP contribution in [-0.4, -0.2) is 36.0 Å². The van der Waals surface area contributed by atoms with Gasteiger partial charge in [0, 0.05) is 30.7 Å². The Morgan fingerprint density at radius 2 is 1.77 bits per heavy atom. The molecule has 0 radical (unpaired) electrons. The Balaban J connectivity index is 1.43. The van der Waals surface area contributed by atoms with E-state index < -0.39 is 0 Å². The molecule has 5 heteroatoms. The van der Waals surface area contributed by atoms with Gasteiger partial charge in [-0.3, -0.25) is 15.1 Å². The smallest absolute Gasteiger partial charge is 0.241 e. The number of amides is 1. The van der Waals surface area contributed by atoms with Gasteiger partial charge in [0.05, 0.1) is 12.1 Å². The lowest BCUT2D eigenvalue weighted by molar-refractivity contribution is -0.121. The van der Waals surface area contributed by atoms with Gasteiger partial charge in [0.15, 0.2) is 0 Å². The van der Waals surface area contributed by atoms with Crippen molar-refractivity contribution >= 4 is 11.6 Å². The topological polar surface area (TPSA) is 56.4 Å². The van der Waals surface area contributed by atoms with E-state index >= 15 is 0 Å². The summed E-state index contributed by atoms with van der Waals surface area (Å²) in [6, 6.07) is 20.8. The van der Waals surface area contributed by atoms with Crippen LogP contribution in [0.3, 0.4) is 0 Å². The highest BCUT2D eigenvalue weighted by Gasteiger charge is 2.42. The van der Waals surface area contributed by atoms with Gasteiger partial charge in [0.1, 0.15) is 0 Å². The molecular weight excluding hydrogens is 324 g/mol. The molecule has 4 unspecified atom stereocenters. The fourth-order valence-electron chi connectivity index (χ4n) is 4.11. The molecule has 5 nitrogen and oxygen atoms in total. The van der Waals surface area contributed by atoms with Crippen molar-refractivity contribution in [1.29, 1.82) is 0 Å². The quantitative estimate of drug-likeness (QED) is 0.793. The fraction of sp³-hybridized carbons (Fsp3) is 0.381. The van der Waals surface area contributed by atoms with Crippen LogP contribution in [0.25, 0.3) is 0 Å². The molecule has 0 saturated carbocycles. The van der Waals surface area contributed by atoms with Crippen LogP contribution >= 0.6 is 0 Å². The summed E-state index contributed by atoms with van der Waals surface area (Å²) < 4.78 is 0. The van der Waals surface area contributed by atoms with Gasteiger partial charge in [0.2, 0.25) is 5.91 Å². The molecule has 2 aromatic carbocycles. The first-order valence-electron chi connectivity index (χ1n) is 9.38. The molecule has 4 rings (SSSR count). The van der Waals surface area contributed by atoms with Crippen molar-refractivity contribution in [1.82, 2.24) is 15.8 Å². The minimum absolute atomic E-state index is 0.0600. The summed E-state index contributed by atoms with van der Waals surface area (Å²) in [5.74, 6) is 0.517. The van der Waals surface area contributed by atoms with Crippen LogP contribution in [0.4, 0.5) is 5.69 Å². The molecule has 2 aliphatic rings. The number of nitrogens with zero attached hydrogens (tertiary/aromatic N) is 1. The van der Waals surface area contributed by atoms with Gasteiger partial charge in [0.25, 0.3) is 0 Å². The zero-order valence-corrected chi connectivity index (χ0v) is 15.1. The van der Waals surface area contributed by atoms with Crippen molar-refractivity contribution in [3.63, 3.8) is 0 Å². The van der Waals surface area contributed by atoms with Crippen molar-refractivity contribution < 1.29 is 4.79 Å².